The van der Waals surface area contributed by atoms with Crippen molar-refractivity contribution in [2.24, 2.45) is 5.73 Å². The predicted octanol–water partition coefficient (Wildman–Crippen LogP) is 2.95. The van der Waals surface area contributed by atoms with Crippen LogP contribution in [0.1, 0.15) is 36.5 Å². The lowest BCUT2D eigenvalue weighted by Crippen LogP contribution is -2.28. The number of rotatable bonds is 6. The summed E-state index contributed by atoms with van der Waals surface area (Å²) in [4.78, 5) is 24.1. The summed E-state index contributed by atoms with van der Waals surface area (Å²) in [5, 5.41) is 0. The normalized spacial score (nSPS) is 13.1. The minimum absolute atomic E-state index is 0.410. The molecular formula is C18H19NO3. The molecule has 0 spiro atoms. The van der Waals surface area contributed by atoms with E-state index in [-0.39, 0.29) is 0 Å². The van der Waals surface area contributed by atoms with Crippen LogP contribution in [0.2, 0.25) is 0 Å². The van der Waals surface area contributed by atoms with E-state index in [9.17, 15) is 9.59 Å². The molecule has 4 nitrogen and oxygen atoms in total. The fourth-order valence-electron chi connectivity index (χ4n) is 2.34. The average molecular weight is 297 g/mol. The summed E-state index contributed by atoms with van der Waals surface area (Å²) in [5.41, 5.74) is 6.82. The molecular weight excluding hydrogens is 278 g/mol. The van der Waals surface area contributed by atoms with Crippen molar-refractivity contribution < 1.29 is 14.3 Å². The van der Waals surface area contributed by atoms with Crippen LogP contribution in [0.25, 0.3) is 0 Å². The van der Waals surface area contributed by atoms with Gasteiger partial charge in [-0.25, -0.2) is 0 Å². The SMILES string of the molecule is CCC(C(=O)OC(C(N)=O)c1ccccc1)c1ccccc1. The Morgan fingerprint density at radius 1 is 0.955 bits per heavy atom. The van der Waals surface area contributed by atoms with Crippen LogP contribution in [0.15, 0.2) is 60.7 Å². The lowest BCUT2D eigenvalue weighted by atomic mass is 9.96. The number of hydrogen-bond acceptors (Lipinski definition) is 3. The highest BCUT2D eigenvalue weighted by molar-refractivity contribution is 5.85. The molecule has 0 bridgehead atoms. The highest BCUT2D eigenvalue weighted by Gasteiger charge is 2.27. The van der Waals surface area contributed by atoms with Crippen LogP contribution in [0.4, 0.5) is 0 Å². The van der Waals surface area contributed by atoms with Crippen molar-refractivity contribution >= 4 is 11.9 Å². The van der Waals surface area contributed by atoms with Gasteiger partial charge in [0.2, 0.25) is 6.10 Å². The first-order valence-electron chi connectivity index (χ1n) is 7.23. The summed E-state index contributed by atoms with van der Waals surface area (Å²) < 4.78 is 5.39. The van der Waals surface area contributed by atoms with E-state index in [1.165, 1.54) is 0 Å². The third-order valence-corrected chi connectivity index (χ3v) is 3.49. The quantitative estimate of drug-likeness (QED) is 0.833. The Morgan fingerprint density at radius 2 is 1.45 bits per heavy atom. The highest BCUT2D eigenvalue weighted by Crippen LogP contribution is 2.25. The molecule has 2 N–H and O–H groups in total. The van der Waals surface area contributed by atoms with Gasteiger partial charge in [-0.15, -0.1) is 0 Å². The van der Waals surface area contributed by atoms with Gasteiger partial charge in [0.15, 0.2) is 0 Å². The number of nitrogens with two attached hydrogens (primary N) is 1. The monoisotopic (exact) mass is 297 g/mol. The largest absolute Gasteiger partial charge is 0.447 e. The van der Waals surface area contributed by atoms with Gasteiger partial charge in [0, 0.05) is 5.56 Å². The fourth-order valence-corrected chi connectivity index (χ4v) is 2.34. The summed E-state index contributed by atoms with van der Waals surface area (Å²) in [6, 6.07) is 18.2. The zero-order valence-electron chi connectivity index (χ0n) is 12.4. The van der Waals surface area contributed by atoms with Crippen LogP contribution < -0.4 is 5.73 Å². The van der Waals surface area contributed by atoms with Crippen LogP contribution in [-0.4, -0.2) is 11.9 Å². The van der Waals surface area contributed by atoms with Gasteiger partial charge in [0.25, 0.3) is 5.91 Å². The molecule has 0 aliphatic heterocycles. The van der Waals surface area contributed by atoms with Crippen molar-refractivity contribution in [1.82, 2.24) is 0 Å². The Balaban J connectivity index is 2.19. The molecule has 22 heavy (non-hydrogen) atoms. The van der Waals surface area contributed by atoms with E-state index in [2.05, 4.69) is 0 Å². The van der Waals surface area contributed by atoms with E-state index < -0.39 is 23.9 Å². The smallest absolute Gasteiger partial charge is 0.314 e. The molecule has 2 aromatic rings. The number of amides is 1. The van der Waals surface area contributed by atoms with E-state index in [0.717, 1.165) is 5.56 Å². The van der Waals surface area contributed by atoms with Gasteiger partial charge in [-0.1, -0.05) is 67.6 Å². The molecule has 2 rings (SSSR count). The van der Waals surface area contributed by atoms with Crippen LogP contribution in [0.3, 0.4) is 0 Å². The van der Waals surface area contributed by atoms with Crippen LogP contribution >= 0.6 is 0 Å². The van der Waals surface area contributed by atoms with Crippen molar-refractivity contribution in [3.05, 3.63) is 71.8 Å². The second-order valence-electron chi connectivity index (χ2n) is 5.00. The molecule has 0 saturated heterocycles. The number of ether oxygens (including phenoxy) is 1. The van der Waals surface area contributed by atoms with Crippen LogP contribution in [-0.2, 0) is 14.3 Å². The molecule has 0 radical (unpaired) electrons. The Bertz CT molecular complexity index is 625. The molecule has 2 atom stereocenters. The summed E-state index contributed by atoms with van der Waals surface area (Å²) >= 11 is 0. The fraction of sp³-hybridized carbons (Fsp3) is 0.222. The summed E-state index contributed by atoms with van der Waals surface area (Å²) in [7, 11) is 0. The van der Waals surface area contributed by atoms with Crippen molar-refractivity contribution in [2.75, 3.05) is 0 Å². The maximum atomic E-state index is 12.4. The molecule has 2 unspecified atom stereocenters. The van der Waals surface area contributed by atoms with E-state index in [1.54, 1.807) is 24.3 Å². The number of carbonyl (C=O) groups is 2. The Hall–Kier alpha value is -2.62. The average Bonchev–Trinajstić information content (AvgIpc) is 2.55. The van der Waals surface area contributed by atoms with E-state index in [4.69, 9.17) is 10.5 Å². The third-order valence-electron chi connectivity index (χ3n) is 3.49. The van der Waals surface area contributed by atoms with Gasteiger partial charge in [-0.2, -0.15) is 0 Å². The summed E-state index contributed by atoms with van der Waals surface area (Å²) in [6.45, 7) is 1.90. The Labute approximate surface area is 129 Å². The standard InChI is InChI=1S/C18H19NO3/c1-2-15(13-9-5-3-6-10-13)18(21)22-16(17(19)20)14-11-7-4-8-12-14/h3-12,15-16H,2H2,1H3,(H2,19,20). The molecule has 0 aliphatic carbocycles. The van der Waals surface area contributed by atoms with Crippen molar-refractivity contribution in [3.8, 4) is 0 Å². The molecule has 114 valence electrons. The number of hydrogen-bond donors (Lipinski definition) is 1. The van der Waals surface area contributed by atoms with Gasteiger partial charge >= 0.3 is 5.97 Å². The maximum Gasteiger partial charge on any atom is 0.314 e. The van der Waals surface area contributed by atoms with Crippen molar-refractivity contribution in [1.29, 1.82) is 0 Å². The van der Waals surface area contributed by atoms with Crippen LogP contribution in [0.5, 0.6) is 0 Å². The van der Waals surface area contributed by atoms with E-state index in [1.807, 2.05) is 43.3 Å². The van der Waals surface area contributed by atoms with Gasteiger partial charge in [-0.3, -0.25) is 9.59 Å². The van der Waals surface area contributed by atoms with Crippen molar-refractivity contribution in [3.63, 3.8) is 0 Å². The molecule has 0 aliphatic rings. The van der Waals surface area contributed by atoms with Gasteiger partial charge in [0.1, 0.15) is 0 Å². The molecule has 2 aromatic carbocycles. The third kappa shape index (κ3) is 3.73. The number of carbonyl (C=O) groups excluding carboxylic acids is 2. The van der Waals surface area contributed by atoms with E-state index >= 15 is 0 Å². The number of benzene rings is 2. The first kappa shape index (κ1) is 15.8. The minimum Gasteiger partial charge on any atom is -0.447 e. The zero-order valence-corrected chi connectivity index (χ0v) is 12.4. The second kappa shape index (κ2) is 7.41. The predicted molar refractivity (Wildman–Crippen MR) is 83.9 cm³/mol. The number of primary amides is 1. The van der Waals surface area contributed by atoms with Gasteiger partial charge in [0.05, 0.1) is 5.92 Å². The van der Waals surface area contributed by atoms with Crippen LogP contribution in [0, 0.1) is 0 Å². The zero-order chi connectivity index (χ0) is 15.9. The first-order valence-corrected chi connectivity index (χ1v) is 7.23. The minimum atomic E-state index is -1.06. The molecule has 0 heterocycles. The van der Waals surface area contributed by atoms with E-state index in [0.29, 0.717) is 12.0 Å². The summed E-state index contributed by atoms with van der Waals surface area (Å²) in [5.74, 6) is -1.53. The molecule has 0 aromatic heterocycles. The van der Waals surface area contributed by atoms with Crippen molar-refractivity contribution in [2.45, 2.75) is 25.4 Å². The Kier molecular flexibility index (Phi) is 5.31. The summed E-state index contributed by atoms with van der Waals surface area (Å²) in [6.07, 6.45) is -0.477. The molecule has 1 amide bonds. The number of esters is 1. The maximum absolute atomic E-state index is 12.4. The van der Waals surface area contributed by atoms with Gasteiger partial charge in [-0.05, 0) is 12.0 Å². The molecule has 4 heteroatoms. The second-order valence-corrected chi connectivity index (χ2v) is 5.00. The molecule has 0 saturated carbocycles. The van der Waals surface area contributed by atoms with Gasteiger partial charge < -0.3 is 10.5 Å². The first-order chi connectivity index (χ1) is 10.6. The highest BCUT2D eigenvalue weighted by atomic mass is 16.5. The topological polar surface area (TPSA) is 69.4 Å². The molecule has 0 fully saturated rings. The lowest BCUT2D eigenvalue weighted by molar-refractivity contribution is -0.157. The Morgan fingerprint density at radius 3 is 1.91 bits per heavy atom. The lowest BCUT2D eigenvalue weighted by Gasteiger charge is -2.19.